The topological polar surface area (TPSA) is 133 Å². The number of aryl methyl sites for hydroxylation is 1. The summed E-state index contributed by atoms with van der Waals surface area (Å²) in [6, 6.07) is 1.11. The van der Waals surface area contributed by atoms with Gasteiger partial charge in [-0.3, -0.25) is 0 Å². The van der Waals surface area contributed by atoms with E-state index < -0.39 is 21.9 Å². The molecule has 6 rings (SSSR count). The van der Waals surface area contributed by atoms with Crippen molar-refractivity contribution in [3.63, 3.8) is 0 Å². The number of sulfonamides is 1. The van der Waals surface area contributed by atoms with Gasteiger partial charge in [0.25, 0.3) is 0 Å². The number of benzene rings is 1. The smallest absolute Gasteiger partial charge is 0.223 e. The Balaban J connectivity index is 1.32. The Labute approximate surface area is 218 Å². The first-order valence-electron chi connectivity index (χ1n) is 12.3. The number of aliphatic hydroxyl groups excluding tert-OH is 1. The second kappa shape index (κ2) is 9.12. The van der Waals surface area contributed by atoms with E-state index in [1.54, 1.807) is 0 Å². The first kappa shape index (κ1) is 24.9. The maximum atomic E-state index is 15.3. The molecule has 13 heteroatoms. The fourth-order valence-corrected chi connectivity index (χ4v) is 6.82. The summed E-state index contributed by atoms with van der Waals surface area (Å²) in [7, 11) is -3.30. The molecule has 1 aromatic carbocycles. The summed E-state index contributed by atoms with van der Waals surface area (Å²) in [5.74, 6) is 0.169. The number of hydrogen-bond donors (Lipinski definition) is 3. The fraction of sp³-hybridized carbons (Fsp3) is 0.542. The lowest BCUT2D eigenvalue weighted by atomic mass is 10.0. The number of anilines is 1. The summed E-state index contributed by atoms with van der Waals surface area (Å²) < 4.78 is 46.3. The van der Waals surface area contributed by atoms with Gasteiger partial charge in [-0.05, 0) is 44.2 Å². The van der Waals surface area contributed by atoms with Gasteiger partial charge in [0, 0.05) is 24.6 Å². The molecule has 0 aliphatic carbocycles. The fourth-order valence-electron chi connectivity index (χ4n) is 5.74. The number of rotatable bonds is 5. The summed E-state index contributed by atoms with van der Waals surface area (Å²) in [5, 5.41) is 14.1. The van der Waals surface area contributed by atoms with E-state index in [-0.39, 0.29) is 34.7 Å². The Hall–Kier alpha value is -2.38. The van der Waals surface area contributed by atoms with Gasteiger partial charge in [-0.1, -0.05) is 11.6 Å². The second-order valence-corrected chi connectivity index (χ2v) is 12.6. The molecule has 0 amide bonds. The minimum atomic E-state index is -3.30. The highest BCUT2D eigenvalue weighted by molar-refractivity contribution is 7.88. The van der Waals surface area contributed by atoms with Crippen molar-refractivity contribution in [2.75, 3.05) is 24.7 Å². The molecule has 3 fully saturated rings. The van der Waals surface area contributed by atoms with Gasteiger partial charge in [0.1, 0.15) is 17.4 Å². The third-order valence-electron chi connectivity index (χ3n) is 7.77. The molecule has 2 aromatic heterocycles. The van der Waals surface area contributed by atoms with Gasteiger partial charge in [-0.2, -0.15) is 0 Å². The van der Waals surface area contributed by atoms with E-state index in [9.17, 15) is 13.5 Å². The predicted octanol–water partition coefficient (Wildman–Crippen LogP) is 2.96. The first-order valence-corrected chi connectivity index (χ1v) is 14.6. The minimum absolute atomic E-state index is 0.107. The van der Waals surface area contributed by atoms with Crippen molar-refractivity contribution < 1.29 is 22.7 Å². The summed E-state index contributed by atoms with van der Waals surface area (Å²) >= 11 is 6.47. The molecule has 37 heavy (non-hydrogen) atoms. The van der Waals surface area contributed by atoms with Crippen LogP contribution in [0.25, 0.3) is 22.3 Å². The molecule has 2 bridgehead atoms. The quantitative estimate of drug-likeness (QED) is 0.441. The highest BCUT2D eigenvalue weighted by Crippen LogP contribution is 2.37. The van der Waals surface area contributed by atoms with Crippen LogP contribution in [-0.4, -0.2) is 81.5 Å². The van der Waals surface area contributed by atoms with Gasteiger partial charge in [0.2, 0.25) is 16.0 Å². The zero-order chi connectivity index (χ0) is 26.1. The van der Waals surface area contributed by atoms with Crippen LogP contribution in [-0.2, 0) is 14.8 Å². The number of H-pyrrole nitrogens is 1. The van der Waals surface area contributed by atoms with Crippen LogP contribution in [0.15, 0.2) is 12.3 Å². The number of aromatic amines is 1. The largest absolute Gasteiger partial charge is 0.388 e. The molecule has 3 saturated heterocycles. The van der Waals surface area contributed by atoms with Gasteiger partial charge in [-0.15, -0.1) is 0 Å². The van der Waals surface area contributed by atoms with Crippen LogP contribution < -0.4 is 5.32 Å². The molecule has 0 saturated carbocycles. The third kappa shape index (κ3) is 4.48. The lowest BCUT2D eigenvalue weighted by molar-refractivity contribution is -0.0811. The number of fused-ring (bicyclic) bond motifs is 3. The number of hydrogen-bond acceptors (Lipinski definition) is 8. The van der Waals surface area contributed by atoms with Gasteiger partial charge < -0.3 is 20.1 Å². The van der Waals surface area contributed by atoms with Crippen molar-refractivity contribution in [2.45, 2.75) is 62.9 Å². The minimum Gasteiger partial charge on any atom is -0.388 e. The number of halogens is 2. The molecule has 198 valence electrons. The lowest BCUT2D eigenvalue weighted by Gasteiger charge is -2.33. The molecule has 0 radical (unpaired) electrons. The molecule has 0 spiro atoms. The van der Waals surface area contributed by atoms with E-state index in [4.69, 9.17) is 16.3 Å². The van der Waals surface area contributed by atoms with E-state index in [1.807, 2.05) is 6.92 Å². The molecule has 3 N–H and O–H groups in total. The molecule has 5 heterocycles. The first-order chi connectivity index (χ1) is 17.6. The van der Waals surface area contributed by atoms with Gasteiger partial charge in [0.05, 0.1) is 46.9 Å². The highest BCUT2D eigenvalue weighted by Gasteiger charge is 2.42. The summed E-state index contributed by atoms with van der Waals surface area (Å²) in [6.45, 7) is 2.55. The Morgan fingerprint density at radius 1 is 1.30 bits per heavy atom. The number of ether oxygens (including phenoxy) is 1. The van der Waals surface area contributed by atoms with Crippen LogP contribution in [0.1, 0.15) is 43.0 Å². The molecule has 0 unspecified atom stereocenters. The Kier molecular flexibility index (Phi) is 6.15. The number of nitrogens with zero attached hydrogens (tertiary/aromatic N) is 4. The van der Waals surface area contributed by atoms with Crippen molar-refractivity contribution >= 4 is 38.6 Å². The number of aliphatic hydroxyl groups is 1. The van der Waals surface area contributed by atoms with Gasteiger partial charge in [-0.25, -0.2) is 32.1 Å². The third-order valence-corrected chi connectivity index (χ3v) is 9.32. The molecule has 3 aromatic rings. The van der Waals surface area contributed by atoms with Gasteiger partial charge >= 0.3 is 0 Å². The number of aromatic nitrogens is 4. The van der Waals surface area contributed by atoms with Crippen LogP contribution >= 0.6 is 11.6 Å². The van der Waals surface area contributed by atoms with Crippen LogP contribution in [0.3, 0.4) is 0 Å². The second-order valence-electron chi connectivity index (χ2n) is 10.2. The van der Waals surface area contributed by atoms with E-state index >= 15 is 4.39 Å². The predicted molar refractivity (Wildman–Crippen MR) is 137 cm³/mol. The molecule has 5 atom stereocenters. The lowest BCUT2D eigenvalue weighted by Crippen LogP contribution is -2.47. The zero-order valence-corrected chi connectivity index (χ0v) is 22.0. The Morgan fingerprint density at radius 2 is 2.11 bits per heavy atom. The summed E-state index contributed by atoms with van der Waals surface area (Å²) in [5.41, 5.74) is 2.28. The van der Waals surface area contributed by atoms with E-state index in [0.717, 1.165) is 12.8 Å². The van der Waals surface area contributed by atoms with Gasteiger partial charge in [0.15, 0.2) is 5.82 Å². The van der Waals surface area contributed by atoms with E-state index in [1.165, 1.54) is 22.8 Å². The van der Waals surface area contributed by atoms with Crippen LogP contribution in [0.4, 0.5) is 10.3 Å². The molecular weight excluding hydrogens is 523 g/mol. The standard InChI is InChI=1S/C24H28ClFN6O4S/c1-11-14(8-16(26)21-19(11)29-23(30-21)12-5-6-32(10-12)37(2,34)35)20-15(25)9-27-24(31-20)28-17-7-13-3-4-18(36-13)22(17)33/h8-9,12-13,17-18,22,33H,3-7,10H2,1-2H3,(H,29,30)(H,27,28,31)/t12-,13+,17+,18-,22-/m0/s1. The molecule has 3 aliphatic rings. The maximum Gasteiger partial charge on any atom is 0.223 e. The van der Waals surface area contributed by atoms with E-state index in [2.05, 4.69) is 25.3 Å². The SMILES string of the molecule is Cc1c(-c2nc(N[C@@H]3C[C@H]4CC[C@H](O4)[C@H]3O)ncc2Cl)cc(F)c2nc([C@H]3CCN(S(C)(=O)=O)C3)[nH]c12. The summed E-state index contributed by atoms with van der Waals surface area (Å²) in [4.78, 5) is 16.6. The number of imidazole rings is 1. The average Bonchev–Trinajstić information content (AvgIpc) is 3.59. The van der Waals surface area contributed by atoms with Crippen molar-refractivity contribution in [3.8, 4) is 11.3 Å². The monoisotopic (exact) mass is 550 g/mol. The highest BCUT2D eigenvalue weighted by atomic mass is 35.5. The van der Waals surface area contributed by atoms with Crippen molar-refractivity contribution in [3.05, 3.63) is 34.5 Å². The average molecular weight is 551 g/mol. The van der Waals surface area contributed by atoms with Crippen molar-refractivity contribution in [1.29, 1.82) is 0 Å². The van der Waals surface area contributed by atoms with Crippen molar-refractivity contribution in [2.24, 2.45) is 0 Å². The molecular formula is C24H28ClFN6O4S. The van der Waals surface area contributed by atoms with E-state index in [0.29, 0.717) is 60.0 Å². The Bertz CT molecular complexity index is 1480. The zero-order valence-electron chi connectivity index (χ0n) is 20.4. The summed E-state index contributed by atoms with van der Waals surface area (Å²) in [6.07, 6.45) is 4.89. The molecule has 3 aliphatic heterocycles. The van der Waals surface area contributed by atoms with Crippen molar-refractivity contribution in [1.82, 2.24) is 24.2 Å². The van der Waals surface area contributed by atoms with Crippen LogP contribution in [0.2, 0.25) is 5.02 Å². The number of nitrogens with one attached hydrogen (secondary N) is 2. The molecule has 10 nitrogen and oxygen atoms in total. The maximum absolute atomic E-state index is 15.3. The van der Waals surface area contributed by atoms with Crippen LogP contribution in [0, 0.1) is 12.7 Å². The normalized spacial score (nSPS) is 28.3. The van der Waals surface area contributed by atoms with Crippen LogP contribution in [0.5, 0.6) is 0 Å². The Morgan fingerprint density at radius 3 is 2.86 bits per heavy atom.